The second-order valence-corrected chi connectivity index (χ2v) is 11.3. The highest BCUT2D eigenvalue weighted by atomic mass is 35.5. The van der Waals surface area contributed by atoms with Crippen LogP contribution in [-0.2, 0) is 16.1 Å². The number of allylic oxidation sites excluding steroid dienone is 1. The number of hydrogen-bond acceptors (Lipinski definition) is 5. The van der Waals surface area contributed by atoms with Crippen molar-refractivity contribution in [2.24, 2.45) is 4.99 Å². The van der Waals surface area contributed by atoms with Crippen LogP contribution in [0.4, 0.5) is 13.2 Å². The van der Waals surface area contributed by atoms with Crippen LogP contribution in [0.1, 0.15) is 60.2 Å². The molecule has 0 fully saturated rings. The topological polar surface area (TPSA) is 57.1 Å². The first-order chi connectivity index (χ1) is 19.3. The molecule has 4 rings (SSSR count). The number of alkyl halides is 3. The van der Waals surface area contributed by atoms with E-state index in [-0.39, 0.29) is 18.3 Å². The molecule has 0 bridgehead atoms. The Hall–Kier alpha value is -3.49. The Labute approximate surface area is 246 Å². The van der Waals surface area contributed by atoms with Gasteiger partial charge in [0.2, 0.25) is 5.90 Å². The molecule has 3 aromatic carbocycles. The lowest BCUT2D eigenvalue weighted by Gasteiger charge is -2.19. The molecule has 0 radical (unpaired) electrons. The van der Waals surface area contributed by atoms with Gasteiger partial charge < -0.3 is 14.2 Å². The van der Waals surface area contributed by atoms with Crippen molar-refractivity contribution in [3.8, 4) is 5.75 Å². The summed E-state index contributed by atoms with van der Waals surface area (Å²) < 4.78 is 53.7. The van der Waals surface area contributed by atoms with Gasteiger partial charge in [0, 0.05) is 28.1 Å². The van der Waals surface area contributed by atoms with Gasteiger partial charge in [0.05, 0.1) is 5.56 Å². The molecule has 0 amide bonds. The minimum atomic E-state index is -4.80. The van der Waals surface area contributed by atoms with Gasteiger partial charge in [0.15, 0.2) is 0 Å². The second kappa shape index (κ2) is 12.6. The van der Waals surface area contributed by atoms with E-state index in [2.05, 4.69) is 9.73 Å². The van der Waals surface area contributed by atoms with Crippen LogP contribution in [0.25, 0.3) is 5.57 Å². The Balaban J connectivity index is 1.60. The maximum atomic E-state index is 12.7. The Morgan fingerprint density at radius 2 is 1.59 bits per heavy atom. The van der Waals surface area contributed by atoms with Crippen LogP contribution in [0.2, 0.25) is 10.0 Å². The zero-order valence-electron chi connectivity index (χ0n) is 22.6. The van der Waals surface area contributed by atoms with Crippen molar-refractivity contribution in [1.82, 2.24) is 0 Å². The minimum absolute atomic E-state index is 0.134. The van der Waals surface area contributed by atoms with Gasteiger partial charge in [-0.15, -0.1) is 13.2 Å². The molecule has 3 aromatic rings. The minimum Gasteiger partial charge on any atom is -0.473 e. The zero-order valence-corrected chi connectivity index (χ0v) is 24.1. The Morgan fingerprint density at radius 1 is 0.951 bits per heavy atom. The maximum absolute atomic E-state index is 12.7. The van der Waals surface area contributed by atoms with Crippen LogP contribution in [-0.4, -0.2) is 30.4 Å². The van der Waals surface area contributed by atoms with Crippen molar-refractivity contribution in [3.63, 3.8) is 0 Å². The molecule has 0 saturated heterocycles. The monoisotopic (exact) mass is 605 g/mol. The molecular weight excluding hydrogens is 578 g/mol. The summed E-state index contributed by atoms with van der Waals surface area (Å²) >= 11 is 12.5. The standard InChI is InChI=1S/C31H28Cl2F3NO4/c1-30(2,3)41-29(38)21-6-4-19(5-7-21)18-39-28-27(20-8-10-26(11-9-20)40-31(34,35)36)16-22(12-13-37-28)23-14-24(32)17-25(33)15-23/h4-11,14-17,22H,12-13,18H2,1-3H3. The summed E-state index contributed by atoms with van der Waals surface area (Å²) in [4.78, 5) is 17.0. The van der Waals surface area contributed by atoms with Crippen molar-refractivity contribution in [2.45, 2.75) is 51.7 Å². The van der Waals surface area contributed by atoms with E-state index < -0.39 is 17.9 Å². The summed E-state index contributed by atoms with van der Waals surface area (Å²) in [6, 6.07) is 17.7. The Bertz CT molecular complexity index is 1420. The van der Waals surface area contributed by atoms with Crippen molar-refractivity contribution >= 4 is 40.6 Å². The van der Waals surface area contributed by atoms with Crippen LogP contribution in [0.3, 0.4) is 0 Å². The smallest absolute Gasteiger partial charge is 0.473 e. The van der Waals surface area contributed by atoms with Crippen molar-refractivity contribution in [1.29, 1.82) is 0 Å². The molecule has 0 saturated carbocycles. The van der Waals surface area contributed by atoms with E-state index in [0.29, 0.717) is 45.6 Å². The van der Waals surface area contributed by atoms with Gasteiger partial charge in [-0.2, -0.15) is 0 Å². The van der Waals surface area contributed by atoms with Gasteiger partial charge in [-0.1, -0.05) is 53.5 Å². The van der Waals surface area contributed by atoms with Gasteiger partial charge in [-0.3, -0.25) is 4.99 Å². The maximum Gasteiger partial charge on any atom is 0.573 e. The molecule has 1 atom stereocenters. The van der Waals surface area contributed by atoms with Crippen LogP contribution in [0.5, 0.6) is 5.75 Å². The summed E-state index contributed by atoms with van der Waals surface area (Å²) in [7, 11) is 0. The first-order valence-corrected chi connectivity index (χ1v) is 13.6. The fourth-order valence-corrected chi connectivity index (χ4v) is 4.75. The summed E-state index contributed by atoms with van der Waals surface area (Å²) in [6.07, 6.45) is -2.21. The molecule has 1 aliphatic rings. The van der Waals surface area contributed by atoms with E-state index in [4.69, 9.17) is 32.7 Å². The molecule has 1 unspecified atom stereocenters. The average Bonchev–Trinajstić information content (AvgIpc) is 3.08. The van der Waals surface area contributed by atoms with Gasteiger partial charge in [0.1, 0.15) is 18.0 Å². The van der Waals surface area contributed by atoms with Crippen LogP contribution in [0.15, 0.2) is 77.8 Å². The van der Waals surface area contributed by atoms with Gasteiger partial charge in [-0.05, 0) is 86.3 Å². The molecule has 5 nitrogen and oxygen atoms in total. The lowest BCUT2D eigenvalue weighted by molar-refractivity contribution is -0.274. The number of aliphatic imine (C=N–C) groups is 1. The number of esters is 1. The van der Waals surface area contributed by atoms with Gasteiger partial charge in [-0.25, -0.2) is 4.79 Å². The molecule has 10 heteroatoms. The first kappa shape index (κ1) is 30.5. The van der Waals surface area contributed by atoms with Crippen LogP contribution in [0, 0.1) is 0 Å². The fraction of sp³-hybridized carbons (Fsp3) is 0.290. The molecule has 216 valence electrons. The normalized spacial score (nSPS) is 15.9. The number of halogens is 5. The van der Waals surface area contributed by atoms with Crippen LogP contribution >= 0.6 is 23.2 Å². The molecular formula is C31H28Cl2F3NO4. The SMILES string of the molecule is CC(C)(C)OC(=O)c1ccc(COC2=NCCC(c3cc(Cl)cc(Cl)c3)C=C2c2ccc(OC(F)(F)F)cc2)cc1. The fourth-order valence-electron chi connectivity index (χ4n) is 4.20. The highest BCUT2D eigenvalue weighted by molar-refractivity contribution is 6.34. The lowest BCUT2D eigenvalue weighted by atomic mass is 9.92. The molecule has 1 heterocycles. The van der Waals surface area contributed by atoms with E-state index in [1.165, 1.54) is 24.3 Å². The number of carbonyl (C=O) groups is 1. The second-order valence-electron chi connectivity index (χ2n) is 10.4. The number of nitrogens with zero attached hydrogens (tertiary/aromatic N) is 1. The van der Waals surface area contributed by atoms with Crippen molar-refractivity contribution in [3.05, 3.63) is 105 Å². The third-order valence-corrected chi connectivity index (χ3v) is 6.41. The third kappa shape index (κ3) is 9.00. The third-order valence-electron chi connectivity index (χ3n) is 5.97. The van der Waals surface area contributed by atoms with E-state index in [9.17, 15) is 18.0 Å². The summed E-state index contributed by atoms with van der Waals surface area (Å²) in [5.74, 6) is -0.557. The Morgan fingerprint density at radius 3 is 2.17 bits per heavy atom. The predicted molar refractivity (Wildman–Crippen MR) is 154 cm³/mol. The van der Waals surface area contributed by atoms with Crippen molar-refractivity contribution in [2.75, 3.05) is 6.54 Å². The number of benzene rings is 3. The first-order valence-electron chi connectivity index (χ1n) is 12.8. The average molecular weight is 606 g/mol. The molecule has 0 aromatic heterocycles. The lowest BCUT2D eigenvalue weighted by Crippen LogP contribution is -2.23. The molecule has 1 aliphatic heterocycles. The zero-order chi connectivity index (χ0) is 29.8. The highest BCUT2D eigenvalue weighted by Gasteiger charge is 2.31. The number of carbonyl (C=O) groups excluding carboxylic acids is 1. The van der Waals surface area contributed by atoms with E-state index >= 15 is 0 Å². The summed E-state index contributed by atoms with van der Waals surface area (Å²) in [5, 5.41) is 0.986. The number of rotatable bonds is 6. The van der Waals surface area contributed by atoms with Crippen molar-refractivity contribution < 1.29 is 32.2 Å². The number of hydrogen-bond donors (Lipinski definition) is 0. The highest BCUT2D eigenvalue weighted by Crippen LogP contribution is 2.34. The molecule has 0 N–H and O–H groups in total. The quantitative estimate of drug-likeness (QED) is 0.263. The van der Waals surface area contributed by atoms with Crippen LogP contribution < -0.4 is 4.74 Å². The number of ether oxygens (including phenoxy) is 3. The Kier molecular flexibility index (Phi) is 9.34. The van der Waals surface area contributed by atoms with Gasteiger partial charge >= 0.3 is 12.3 Å². The molecule has 0 spiro atoms. The largest absolute Gasteiger partial charge is 0.573 e. The van der Waals surface area contributed by atoms with E-state index in [1.807, 2.05) is 18.2 Å². The predicted octanol–water partition coefficient (Wildman–Crippen LogP) is 9.03. The van der Waals surface area contributed by atoms with E-state index in [0.717, 1.165) is 11.1 Å². The van der Waals surface area contributed by atoms with E-state index in [1.54, 1.807) is 51.1 Å². The molecule has 0 aliphatic carbocycles. The summed E-state index contributed by atoms with van der Waals surface area (Å²) in [5.41, 5.74) is 2.68. The van der Waals surface area contributed by atoms with Gasteiger partial charge in [0.25, 0.3) is 0 Å². The summed E-state index contributed by atoms with van der Waals surface area (Å²) in [6.45, 7) is 5.97. The molecule has 41 heavy (non-hydrogen) atoms.